The lowest BCUT2D eigenvalue weighted by molar-refractivity contribution is -0.106. The van der Waals surface area contributed by atoms with Crippen LogP contribution in [0.3, 0.4) is 0 Å². The molecule has 0 aromatic heterocycles. The Kier molecular flexibility index (Phi) is 6.74. The van der Waals surface area contributed by atoms with Crippen LogP contribution in [-0.2, 0) is 4.74 Å². The highest BCUT2D eigenvalue weighted by Gasteiger charge is 2.59. The summed E-state index contributed by atoms with van der Waals surface area (Å²) in [5, 5.41) is 6.90. The van der Waals surface area contributed by atoms with Crippen LogP contribution in [-0.4, -0.2) is 44.9 Å². The molecule has 0 spiro atoms. The summed E-state index contributed by atoms with van der Waals surface area (Å²) in [6.45, 7) is 6.74. The average Bonchev–Trinajstić information content (AvgIpc) is 3.02. The third kappa shape index (κ3) is 3.96. The minimum absolute atomic E-state index is 0. The Balaban J connectivity index is 0.00000208. The highest BCUT2D eigenvalue weighted by Crippen LogP contribution is 2.51. The molecule has 1 heterocycles. The number of hydrogen-bond acceptors (Lipinski definition) is 3. The molecule has 3 unspecified atom stereocenters. The summed E-state index contributed by atoms with van der Waals surface area (Å²) in [7, 11) is 1.81. The summed E-state index contributed by atoms with van der Waals surface area (Å²) >= 11 is 0. The van der Waals surface area contributed by atoms with E-state index in [4.69, 9.17) is 9.47 Å². The molecule has 5 nitrogen and oxygen atoms in total. The monoisotopic (exact) mass is 445 g/mol. The van der Waals surface area contributed by atoms with Gasteiger partial charge in [-0.2, -0.15) is 0 Å². The van der Waals surface area contributed by atoms with E-state index in [1.807, 2.05) is 37.4 Å². The van der Waals surface area contributed by atoms with Crippen molar-refractivity contribution < 1.29 is 9.47 Å². The van der Waals surface area contributed by atoms with Gasteiger partial charge in [0.1, 0.15) is 12.4 Å². The second-order valence-electron chi connectivity index (χ2n) is 6.85. The summed E-state index contributed by atoms with van der Waals surface area (Å²) in [6.07, 6.45) is 1.53. The van der Waals surface area contributed by atoms with E-state index in [-0.39, 0.29) is 29.4 Å². The molecule has 1 aromatic carbocycles. The molecule has 1 saturated carbocycles. The molecule has 2 fully saturated rings. The fourth-order valence-electron chi connectivity index (χ4n) is 3.81. The zero-order chi connectivity index (χ0) is 16.3. The molecule has 6 heteroatoms. The summed E-state index contributed by atoms with van der Waals surface area (Å²) < 4.78 is 11.5. The summed E-state index contributed by atoms with van der Waals surface area (Å²) in [6, 6.07) is 10.3. The zero-order valence-corrected chi connectivity index (χ0v) is 16.9. The lowest BCUT2D eigenvalue weighted by atomic mass is 9.57. The van der Waals surface area contributed by atoms with Gasteiger partial charge in [-0.25, -0.2) is 0 Å². The van der Waals surface area contributed by atoms with Crippen molar-refractivity contribution in [3.63, 3.8) is 0 Å². The normalized spacial score (nSPS) is 27.5. The molecular formula is C18H28IN3O2. The zero-order valence-electron chi connectivity index (χ0n) is 14.6. The highest BCUT2D eigenvalue weighted by atomic mass is 127. The van der Waals surface area contributed by atoms with Crippen LogP contribution in [0.25, 0.3) is 0 Å². The summed E-state index contributed by atoms with van der Waals surface area (Å²) in [5.41, 5.74) is 0.152. The van der Waals surface area contributed by atoms with E-state index in [1.54, 1.807) is 0 Å². The van der Waals surface area contributed by atoms with E-state index in [0.717, 1.165) is 24.7 Å². The van der Waals surface area contributed by atoms with E-state index < -0.39 is 0 Å². The Morgan fingerprint density at radius 3 is 2.79 bits per heavy atom. The molecule has 1 aromatic rings. The van der Waals surface area contributed by atoms with Gasteiger partial charge in [0.05, 0.1) is 12.6 Å². The number of rotatable bonds is 5. The van der Waals surface area contributed by atoms with Crippen molar-refractivity contribution in [2.24, 2.45) is 16.3 Å². The molecular weight excluding hydrogens is 417 g/mol. The summed E-state index contributed by atoms with van der Waals surface area (Å²) in [4.78, 5) is 4.33. The van der Waals surface area contributed by atoms with E-state index in [2.05, 4.69) is 29.5 Å². The Hall–Kier alpha value is -1.02. The van der Waals surface area contributed by atoms with Crippen LogP contribution in [0, 0.1) is 11.3 Å². The van der Waals surface area contributed by atoms with Crippen molar-refractivity contribution in [1.29, 1.82) is 0 Å². The molecule has 2 aliphatic rings. The van der Waals surface area contributed by atoms with Gasteiger partial charge in [-0.15, -0.1) is 24.0 Å². The molecule has 1 aliphatic carbocycles. The van der Waals surface area contributed by atoms with Gasteiger partial charge in [0.25, 0.3) is 0 Å². The van der Waals surface area contributed by atoms with Crippen molar-refractivity contribution in [2.45, 2.75) is 32.4 Å². The van der Waals surface area contributed by atoms with Gasteiger partial charge in [-0.3, -0.25) is 4.99 Å². The number of guanidine groups is 1. The van der Waals surface area contributed by atoms with E-state index in [9.17, 15) is 0 Å². The quantitative estimate of drug-likeness (QED) is 0.317. The first-order valence-electron chi connectivity index (χ1n) is 8.39. The van der Waals surface area contributed by atoms with E-state index in [0.29, 0.717) is 31.2 Å². The number of ether oxygens (including phenoxy) is 2. The topological polar surface area (TPSA) is 54.9 Å². The van der Waals surface area contributed by atoms with E-state index in [1.165, 1.54) is 0 Å². The Morgan fingerprint density at radius 2 is 2.08 bits per heavy atom. The Morgan fingerprint density at radius 1 is 1.33 bits per heavy atom. The van der Waals surface area contributed by atoms with Crippen LogP contribution in [0.15, 0.2) is 35.3 Å². The molecule has 2 N–H and O–H groups in total. The molecule has 1 saturated heterocycles. The minimum atomic E-state index is 0. The minimum Gasteiger partial charge on any atom is -0.492 e. The van der Waals surface area contributed by atoms with Gasteiger partial charge in [0, 0.05) is 31.0 Å². The molecule has 24 heavy (non-hydrogen) atoms. The van der Waals surface area contributed by atoms with Gasteiger partial charge >= 0.3 is 0 Å². The molecule has 3 rings (SSSR count). The number of benzene rings is 1. The lowest BCUT2D eigenvalue weighted by Crippen LogP contribution is -2.68. The van der Waals surface area contributed by atoms with Crippen LogP contribution in [0.5, 0.6) is 5.75 Å². The standard InChI is InChI=1S/C18H27N3O2.HI/c1-18(2)15(14-9-11-23-16(14)18)21-17(19-3)20-10-12-22-13-7-5-4-6-8-13;/h4-8,14-16H,9-12H2,1-3H3,(H2,19,20,21);1H. The maximum Gasteiger partial charge on any atom is 0.191 e. The third-order valence-electron chi connectivity index (χ3n) is 5.02. The van der Waals surface area contributed by atoms with Gasteiger partial charge in [-0.1, -0.05) is 32.0 Å². The first-order chi connectivity index (χ1) is 11.1. The number of para-hydroxylation sites is 1. The fraction of sp³-hybridized carbons (Fsp3) is 0.611. The number of halogens is 1. The van der Waals surface area contributed by atoms with Crippen LogP contribution in [0.4, 0.5) is 0 Å². The van der Waals surface area contributed by atoms with Gasteiger partial charge in [0.15, 0.2) is 5.96 Å². The van der Waals surface area contributed by atoms with Crippen molar-refractivity contribution in [3.8, 4) is 5.75 Å². The SMILES string of the molecule is CN=C(NCCOc1ccccc1)NC1C2CCOC2C1(C)C.I. The average molecular weight is 445 g/mol. The number of nitrogens with zero attached hydrogens (tertiary/aromatic N) is 1. The van der Waals surface area contributed by atoms with Crippen molar-refractivity contribution in [2.75, 3.05) is 26.8 Å². The van der Waals surface area contributed by atoms with Crippen molar-refractivity contribution >= 4 is 29.9 Å². The largest absolute Gasteiger partial charge is 0.492 e. The second-order valence-corrected chi connectivity index (χ2v) is 6.85. The fourth-order valence-corrected chi connectivity index (χ4v) is 3.81. The maximum atomic E-state index is 5.84. The van der Waals surface area contributed by atoms with Crippen molar-refractivity contribution in [3.05, 3.63) is 30.3 Å². The second kappa shape index (κ2) is 8.38. The van der Waals surface area contributed by atoms with Crippen LogP contribution >= 0.6 is 24.0 Å². The molecule has 134 valence electrons. The highest BCUT2D eigenvalue weighted by molar-refractivity contribution is 14.0. The molecule has 3 atom stereocenters. The molecule has 1 aliphatic heterocycles. The van der Waals surface area contributed by atoms with Gasteiger partial charge in [0.2, 0.25) is 0 Å². The van der Waals surface area contributed by atoms with Crippen molar-refractivity contribution in [1.82, 2.24) is 10.6 Å². The summed E-state index contributed by atoms with van der Waals surface area (Å²) in [5.74, 6) is 2.33. The predicted octanol–water partition coefficient (Wildman–Crippen LogP) is 2.66. The van der Waals surface area contributed by atoms with Crippen LogP contribution < -0.4 is 15.4 Å². The number of aliphatic imine (C=N–C) groups is 1. The van der Waals surface area contributed by atoms with E-state index >= 15 is 0 Å². The first-order valence-corrected chi connectivity index (χ1v) is 8.39. The number of fused-ring (bicyclic) bond motifs is 1. The Labute approximate surface area is 161 Å². The smallest absolute Gasteiger partial charge is 0.191 e. The first kappa shape index (κ1) is 19.3. The number of nitrogens with one attached hydrogen (secondary N) is 2. The third-order valence-corrected chi connectivity index (χ3v) is 5.02. The van der Waals surface area contributed by atoms with Gasteiger partial charge in [-0.05, 0) is 18.6 Å². The number of hydrogen-bond donors (Lipinski definition) is 2. The lowest BCUT2D eigenvalue weighted by Gasteiger charge is -2.54. The van der Waals surface area contributed by atoms with Gasteiger partial charge < -0.3 is 20.1 Å². The molecule has 0 radical (unpaired) electrons. The Bertz CT molecular complexity index is 550. The maximum absolute atomic E-state index is 5.84. The predicted molar refractivity (Wildman–Crippen MR) is 107 cm³/mol. The molecule has 0 bridgehead atoms. The molecule has 0 amide bonds. The van der Waals surface area contributed by atoms with Crippen LogP contribution in [0.2, 0.25) is 0 Å². The van der Waals surface area contributed by atoms with Crippen LogP contribution in [0.1, 0.15) is 20.3 Å².